The quantitative estimate of drug-likeness (QED) is 0.566. The van der Waals surface area contributed by atoms with E-state index in [0.717, 1.165) is 17.7 Å². The van der Waals surface area contributed by atoms with E-state index in [4.69, 9.17) is 4.74 Å². The normalized spacial score (nSPS) is 10.7. The van der Waals surface area contributed by atoms with Crippen LogP contribution >= 0.6 is 0 Å². The Hall–Kier alpha value is -3.08. The summed E-state index contributed by atoms with van der Waals surface area (Å²) in [7, 11) is 1.59. The first-order valence-electron chi connectivity index (χ1n) is 9.42. The number of hydrogen-bond acceptors (Lipinski definition) is 2. The van der Waals surface area contributed by atoms with Gasteiger partial charge in [-0.1, -0.05) is 25.1 Å². The van der Waals surface area contributed by atoms with E-state index >= 15 is 0 Å². The van der Waals surface area contributed by atoms with Crippen molar-refractivity contribution in [2.75, 3.05) is 13.7 Å². The lowest BCUT2D eigenvalue weighted by Gasteiger charge is -2.23. The molecule has 0 radical (unpaired) electrons. The summed E-state index contributed by atoms with van der Waals surface area (Å²) in [6.45, 7) is 3.76. The lowest BCUT2D eigenvalue weighted by atomic mass is 10.1. The third-order valence-electron chi connectivity index (χ3n) is 4.62. The number of rotatable bonds is 8. The minimum absolute atomic E-state index is 0.0285. The number of hydrogen-bond donors (Lipinski definition) is 0. The third kappa shape index (κ3) is 4.80. The number of benzene rings is 2. The Morgan fingerprint density at radius 1 is 1.11 bits per heavy atom. The molecule has 0 spiro atoms. The van der Waals surface area contributed by atoms with Gasteiger partial charge in [0.25, 0.3) is 5.91 Å². The van der Waals surface area contributed by atoms with E-state index in [1.807, 2.05) is 41.4 Å². The van der Waals surface area contributed by atoms with Gasteiger partial charge in [-0.2, -0.15) is 0 Å². The van der Waals surface area contributed by atoms with Crippen molar-refractivity contribution in [2.24, 2.45) is 0 Å². The highest BCUT2D eigenvalue weighted by atomic mass is 19.1. The van der Waals surface area contributed by atoms with Crippen molar-refractivity contribution in [3.05, 3.63) is 89.5 Å². The maximum absolute atomic E-state index is 13.5. The van der Waals surface area contributed by atoms with Gasteiger partial charge in [0.05, 0.1) is 13.7 Å². The second-order valence-corrected chi connectivity index (χ2v) is 6.72. The van der Waals surface area contributed by atoms with Crippen LogP contribution in [0.25, 0.3) is 0 Å². The van der Waals surface area contributed by atoms with Crippen molar-refractivity contribution in [1.29, 1.82) is 0 Å². The molecule has 1 amide bonds. The molecule has 3 aromatic rings. The molecule has 0 unspecified atom stereocenters. The van der Waals surface area contributed by atoms with E-state index in [0.29, 0.717) is 30.9 Å². The summed E-state index contributed by atoms with van der Waals surface area (Å²) < 4.78 is 20.8. The second-order valence-electron chi connectivity index (χ2n) is 6.72. The molecule has 28 heavy (non-hydrogen) atoms. The van der Waals surface area contributed by atoms with Gasteiger partial charge < -0.3 is 14.2 Å². The molecule has 2 aromatic carbocycles. The molecule has 5 heteroatoms. The predicted octanol–water partition coefficient (Wildman–Crippen LogP) is 4.74. The van der Waals surface area contributed by atoms with Crippen LogP contribution in [-0.4, -0.2) is 29.0 Å². The Bertz CT molecular complexity index is 936. The predicted molar refractivity (Wildman–Crippen MR) is 108 cm³/mol. The number of carbonyl (C=O) groups is 1. The van der Waals surface area contributed by atoms with Crippen LogP contribution in [0.3, 0.4) is 0 Å². The lowest BCUT2D eigenvalue weighted by molar-refractivity contribution is 0.0739. The fourth-order valence-electron chi connectivity index (χ4n) is 3.24. The maximum atomic E-state index is 13.5. The van der Waals surface area contributed by atoms with Crippen LogP contribution in [0, 0.1) is 5.82 Å². The van der Waals surface area contributed by atoms with Crippen LogP contribution in [0.2, 0.25) is 0 Å². The first-order valence-corrected chi connectivity index (χ1v) is 9.42. The number of carbonyl (C=O) groups excluding carboxylic acids is 1. The van der Waals surface area contributed by atoms with Crippen LogP contribution in [0.4, 0.5) is 4.39 Å². The molecule has 0 aliphatic heterocycles. The molecule has 0 saturated carbocycles. The minimum atomic E-state index is -0.244. The third-order valence-corrected chi connectivity index (χ3v) is 4.62. The van der Waals surface area contributed by atoms with Gasteiger partial charge >= 0.3 is 0 Å². The number of amides is 1. The summed E-state index contributed by atoms with van der Waals surface area (Å²) in [6, 6.07) is 17.8. The van der Waals surface area contributed by atoms with E-state index in [2.05, 4.69) is 11.5 Å². The molecule has 3 rings (SSSR count). The summed E-state index contributed by atoms with van der Waals surface area (Å²) in [5.41, 5.74) is 2.50. The number of aromatic nitrogens is 1. The Morgan fingerprint density at radius 2 is 1.93 bits per heavy atom. The zero-order valence-electron chi connectivity index (χ0n) is 16.3. The van der Waals surface area contributed by atoms with Gasteiger partial charge in [-0.05, 0) is 54.4 Å². The number of methoxy groups -OCH3 is 1. The Balaban J connectivity index is 1.79. The molecule has 0 saturated heterocycles. The first-order chi connectivity index (χ1) is 13.6. The van der Waals surface area contributed by atoms with Gasteiger partial charge in [-0.25, -0.2) is 4.39 Å². The Morgan fingerprint density at radius 3 is 2.68 bits per heavy atom. The molecule has 1 heterocycles. The highest BCUT2D eigenvalue weighted by Crippen LogP contribution is 2.17. The molecule has 0 atom stereocenters. The average molecular weight is 380 g/mol. The summed E-state index contributed by atoms with van der Waals surface area (Å²) >= 11 is 0. The SMILES string of the molecule is CCCN(Cc1cccn1Cc1cccc(F)c1)C(=O)c1cccc(OC)c1. The van der Waals surface area contributed by atoms with Crippen molar-refractivity contribution in [3.8, 4) is 5.75 Å². The zero-order valence-corrected chi connectivity index (χ0v) is 16.3. The molecule has 4 nitrogen and oxygen atoms in total. The van der Waals surface area contributed by atoms with E-state index in [1.54, 1.807) is 25.3 Å². The van der Waals surface area contributed by atoms with Gasteiger partial charge in [0, 0.05) is 30.5 Å². The Labute approximate surface area is 165 Å². The zero-order chi connectivity index (χ0) is 19.9. The molecule has 0 aliphatic carbocycles. The van der Waals surface area contributed by atoms with Crippen molar-refractivity contribution in [3.63, 3.8) is 0 Å². The molecular formula is C23H25FN2O2. The fraction of sp³-hybridized carbons (Fsp3) is 0.261. The van der Waals surface area contributed by atoms with Crippen LogP contribution in [0.1, 0.15) is 35.0 Å². The molecule has 0 fully saturated rings. The Kier molecular flexibility index (Phi) is 6.48. The van der Waals surface area contributed by atoms with Gasteiger partial charge in [0.15, 0.2) is 0 Å². The van der Waals surface area contributed by atoms with E-state index in [-0.39, 0.29) is 11.7 Å². The van der Waals surface area contributed by atoms with E-state index in [9.17, 15) is 9.18 Å². The number of ether oxygens (including phenoxy) is 1. The smallest absolute Gasteiger partial charge is 0.254 e. The van der Waals surface area contributed by atoms with Crippen molar-refractivity contribution in [2.45, 2.75) is 26.4 Å². The summed E-state index contributed by atoms with van der Waals surface area (Å²) in [4.78, 5) is 14.9. The van der Waals surface area contributed by atoms with Crippen molar-refractivity contribution < 1.29 is 13.9 Å². The summed E-state index contributed by atoms with van der Waals surface area (Å²) in [6.07, 6.45) is 2.82. The molecule has 0 N–H and O–H groups in total. The lowest BCUT2D eigenvalue weighted by Crippen LogP contribution is -2.32. The minimum Gasteiger partial charge on any atom is -0.497 e. The van der Waals surface area contributed by atoms with Crippen LogP contribution < -0.4 is 4.74 Å². The van der Waals surface area contributed by atoms with Gasteiger partial charge in [-0.3, -0.25) is 4.79 Å². The van der Waals surface area contributed by atoms with Crippen LogP contribution in [0.15, 0.2) is 66.9 Å². The molecule has 146 valence electrons. The topological polar surface area (TPSA) is 34.5 Å². The number of halogens is 1. The average Bonchev–Trinajstić information content (AvgIpc) is 3.13. The first kappa shape index (κ1) is 19.7. The van der Waals surface area contributed by atoms with Crippen LogP contribution in [0.5, 0.6) is 5.75 Å². The highest BCUT2D eigenvalue weighted by molar-refractivity contribution is 5.94. The summed E-state index contributed by atoms with van der Waals surface area (Å²) in [5, 5.41) is 0. The van der Waals surface area contributed by atoms with Crippen molar-refractivity contribution in [1.82, 2.24) is 9.47 Å². The molecular weight excluding hydrogens is 355 g/mol. The molecule has 0 bridgehead atoms. The number of nitrogens with zero attached hydrogens (tertiary/aromatic N) is 2. The van der Waals surface area contributed by atoms with Crippen LogP contribution in [-0.2, 0) is 13.1 Å². The monoisotopic (exact) mass is 380 g/mol. The summed E-state index contributed by atoms with van der Waals surface area (Å²) in [5.74, 6) is 0.392. The van der Waals surface area contributed by atoms with E-state index in [1.165, 1.54) is 12.1 Å². The van der Waals surface area contributed by atoms with Crippen molar-refractivity contribution >= 4 is 5.91 Å². The highest BCUT2D eigenvalue weighted by Gasteiger charge is 2.17. The fourth-order valence-corrected chi connectivity index (χ4v) is 3.24. The van der Waals surface area contributed by atoms with E-state index < -0.39 is 0 Å². The molecule has 1 aromatic heterocycles. The van der Waals surface area contributed by atoms with Gasteiger partial charge in [0.1, 0.15) is 11.6 Å². The molecule has 0 aliphatic rings. The van der Waals surface area contributed by atoms with Gasteiger partial charge in [-0.15, -0.1) is 0 Å². The standard InChI is InChI=1S/C23H25FN2O2/c1-3-12-26(23(27)19-8-5-11-22(15-19)28-2)17-21-10-6-13-25(21)16-18-7-4-9-20(24)14-18/h4-11,13-15H,3,12,16-17H2,1-2H3. The maximum Gasteiger partial charge on any atom is 0.254 e. The second kappa shape index (κ2) is 9.22. The van der Waals surface area contributed by atoms with Gasteiger partial charge in [0.2, 0.25) is 0 Å². The largest absolute Gasteiger partial charge is 0.497 e.